The van der Waals surface area contributed by atoms with Gasteiger partial charge in [0.15, 0.2) is 5.82 Å². The minimum atomic E-state index is -0.170. The van der Waals surface area contributed by atoms with Crippen LogP contribution in [0.3, 0.4) is 0 Å². The summed E-state index contributed by atoms with van der Waals surface area (Å²) in [5.74, 6) is 0.457. The van der Waals surface area contributed by atoms with Crippen LogP contribution in [0.5, 0.6) is 0 Å². The monoisotopic (exact) mass is 139 g/mol. The Morgan fingerprint density at radius 1 is 1.89 bits per heavy atom. The first-order chi connectivity index (χ1) is 4.34. The van der Waals surface area contributed by atoms with Crippen molar-refractivity contribution >= 4 is 11.5 Å². The smallest absolute Gasteiger partial charge is 0.159 e. The van der Waals surface area contributed by atoms with E-state index in [2.05, 4.69) is 9.36 Å². The lowest BCUT2D eigenvalue weighted by molar-refractivity contribution is 0.891. The van der Waals surface area contributed by atoms with Crippen LogP contribution in [0.1, 0.15) is 18.7 Å². The van der Waals surface area contributed by atoms with Crippen molar-refractivity contribution in [3.05, 3.63) is 11.3 Å². The molecule has 0 saturated heterocycles. The Hall–Kier alpha value is -0.950. The molecule has 0 aliphatic carbocycles. The van der Waals surface area contributed by atoms with E-state index in [1.807, 2.05) is 6.07 Å². The summed E-state index contributed by atoms with van der Waals surface area (Å²) in [7, 11) is 0. The molecule has 1 aromatic heterocycles. The summed E-state index contributed by atoms with van der Waals surface area (Å²) < 4.78 is 3.90. The number of hydrogen-bond acceptors (Lipinski definition) is 4. The normalized spacial score (nSPS) is 12.4. The molecule has 4 heteroatoms. The highest BCUT2D eigenvalue weighted by Crippen LogP contribution is 2.08. The zero-order chi connectivity index (χ0) is 6.69. The lowest BCUT2D eigenvalue weighted by atomic mass is 10.2. The van der Waals surface area contributed by atoms with Gasteiger partial charge in [0, 0.05) is 0 Å². The molecule has 0 fully saturated rings. The highest BCUT2D eigenvalue weighted by Gasteiger charge is 2.05. The van der Waals surface area contributed by atoms with Gasteiger partial charge in [-0.1, -0.05) is 0 Å². The minimum Gasteiger partial charge on any atom is -0.227 e. The number of aromatic nitrogens is 2. The third-order valence-electron chi connectivity index (χ3n) is 0.959. The van der Waals surface area contributed by atoms with Crippen LogP contribution in [-0.4, -0.2) is 9.36 Å². The van der Waals surface area contributed by atoms with Crippen LogP contribution in [0.25, 0.3) is 0 Å². The fraction of sp³-hybridized carbons (Fsp3) is 0.400. The highest BCUT2D eigenvalue weighted by molar-refractivity contribution is 7.03. The van der Waals surface area contributed by atoms with E-state index in [4.69, 9.17) is 5.26 Å². The molecule has 1 aromatic rings. The molecule has 1 unspecified atom stereocenters. The van der Waals surface area contributed by atoms with Gasteiger partial charge in [0.25, 0.3) is 0 Å². The summed E-state index contributed by atoms with van der Waals surface area (Å²) in [4.78, 5) is 3.87. The molecule has 9 heavy (non-hydrogen) atoms. The van der Waals surface area contributed by atoms with Crippen molar-refractivity contribution in [3.8, 4) is 6.07 Å². The maximum Gasteiger partial charge on any atom is 0.159 e. The summed E-state index contributed by atoms with van der Waals surface area (Å²) in [5.41, 5.74) is 1.63. The summed E-state index contributed by atoms with van der Waals surface area (Å²) >= 11 is 1.27. The zero-order valence-corrected chi connectivity index (χ0v) is 5.72. The van der Waals surface area contributed by atoms with E-state index in [0.717, 1.165) is 0 Å². The fourth-order valence-electron chi connectivity index (χ4n) is 0.427. The number of nitriles is 1. The van der Waals surface area contributed by atoms with Gasteiger partial charge < -0.3 is 0 Å². The zero-order valence-electron chi connectivity index (χ0n) is 4.90. The largest absolute Gasteiger partial charge is 0.227 e. The summed E-state index contributed by atoms with van der Waals surface area (Å²) in [6, 6.07) is 2.05. The van der Waals surface area contributed by atoms with Gasteiger partial charge in [-0.2, -0.15) is 9.64 Å². The second kappa shape index (κ2) is 2.55. The van der Waals surface area contributed by atoms with E-state index in [1.165, 1.54) is 11.5 Å². The molecule has 0 aliphatic heterocycles. The lowest BCUT2D eigenvalue weighted by Gasteiger charge is -1.89. The fourth-order valence-corrected chi connectivity index (χ4v) is 0.943. The van der Waals surface area contributed by atoms with E-state index in [-0.39, 0.29) is 5.92 Å². The first-order valence-corrected chi connectivity index (χ1v) is 3.34. The van der Waals surface area contributed by atoms with Gasteiger partial charge in [-0.05, 0) is 18.5 Å². The third-order valence-corrected chi connectivity index (χ3v) is 1.45. The topological polar surface area (TPSA) is 49.6 Å². The molecule has 1 rings (SSSR count). The van der Waals surface area contributed by atoms with Gasteiger partial charge in [0.05, 0.1) is 6.07 Å². The van der Waals surface area contributed by atoms with E-state index in [0.29, 0.717) is 5.82 Å². The number of hydrogen-bond donors (Lipinski definition) is 0. The molecule has 3 nitrogen and oxygen atoms in total. The van der Waals surface area contributed by atoms with Gasteiger partial charge in [-0.3, -0.25) is 0 Å². The van der Waals surface area contributed by atoms with E-state index in [1.54, 1.807) is 12.4 Å². The van der Waals surface area contributed by atoms with Crippen molar-refractivity contribution in [2.24, 2.45) is 0 Å². The Morgan fingerprint density at radius 2 is 2.67 bits per heavy atom. The average molecular weight is 139 g/mol. The van der Waals surface area contributed by atoms with Crippen molar-refractivity contribution in [2.45, 2.75) is 12.8 Å². The summed E-state index contributed by atoms with van der Waals surface area (Å²) in [6.45, 7) is 1.78. The average Bonchev–Trinajstić information content (AvgIpc) is 2.37. The molecule has 0 spiro atoms. The standard InChI is InChI=1S/C5H5N3S/c1-4(2-6)5-7-3-9-8-5/h3-4H,1H3. The Morgan fingerprint density at radius 3 is 3.11 bits per heavy atom. The van der Waals surface area contributed by atoms with Crippen molar-refractivity contribution in [1.29, 1.82) is 5.26 Å². The molecule has 0 amide bonds. The molecule has 0 saturated carbocycles. The molecule has 1 heterocycles. The Bertz CT molecular complexity index is 211. The molecule has 1 atom stereocenters. The molecule has 0 bridgehead atoms. The van der Waals surface area contributed by atoms with Crippen LogP contribution in [0.2, 0.25) is 0 Å². The lowest BCUT2D eigenvalue weighted by Crippen LogP contribution is -1.90. The predicted molar refractivity (Wildman–Crippen MR) is 33.9 cm³/mol. The Kier molecular flexibility index (Phi) is 1.75. The quantitative estimate of drug-likeness (QED) is 0.586. The van der Waals surface area contributed by atoms with Crippen molar-refractivity contribution in [2.75, 3.05) is 0 Å². The number of rotatable bonds is 1. The molecule has 0 aromatic carbocycles. The van der Waals surface area contributed by atoms with Crippen LogP contribution in [0, 0.1) is 11.3 Å². The second-order valence-corrected chi connectivity index (χ2v) is 2.24. The Balaban J connectivity index is 2.80. The van der Waals surface area contributed by atoms with Gasteiger partial charge in [0.1, 0.15) is 11.4 Å². The molecule has 0 N–H and O–H groups in total. The molecular weight excluding hydrogens is 134 g/mol. The SMILES string of the molecule is CC(C#N)c1ncsn1. The van der Waals surface area contributed by atoms with E-state index >= 15 is 0 Å². The van der Waals surface area contributed by atoms with Gasteiger partial charge in [-0.15, -0.1) is 0 Å². The first kappa shape index (κ1) is 6.17. The van der Waals surface area contributed by atoms with Gasteiger partial charge in [0.2, 0.25) is 0 Å². The molecule has 46 valence electrons. The third kappa shape index (κ3) is 1.24. The van der Waals surface area contributed by atoms with Gasteiger partial charge in [-0.25, -0.2) is 4.98 Å². The second-order valence-electron chi connectivity index (χ2n) is 1.64. The van der Waals surface area contributed by atoms with Crippen molar-refractivity contribution in [1.82, 2.24) is 9.36 Å². The van der Waals surface area contributed by atoms with E-state index < -0.39 is 0 Å². The van der Waals surface area contributed by atoms with Crippen molar-refractivity contribution < 1.29 is 0 Å². The van der Waals surface area contributed by atoms with Crippen LogP contribution in [0.4, 0.5) is 0 Å². The Labute approximate surface area is 57.1 Å². The van der Waals surface area contributed by atoms with Crippen LogP contribution >= 0.6 is 11.5 Å². The summed E-state index contributed by atoms with van der Waals surface area (Å²) in [6.07, 6.45) is 0. The first-order valence-electron chi connectivity index (χ1n) is 2.50. The minimum absolute atomic E-state index is 0.170. The highest BCUT2D eigenvalue weighted by atomic mass is 32.1. The van der Waals surface area contributed by atoms with Gasteiger partial charge >= 0.3 is 0 Å². The van der Waals surface area contributed by atoms with Crippen LogP contribution < -0.4 is 0 Å². The van der Waals surface area contributed by atoms with Crippen molar-refractivity contribution in [3.63, 3.8) is 0 Å². The molecule has 0 aliphatic rings. The maximum atomic E-state index is 8.38. The molecule has 0 radical (unpaired) electrons. The molecular formula is C5H5N3S. The van der Waals surface area contributed by atoms with E-state index in [9.17, 15) is 0 Å². The summed E-state index contributed by atoms with van der Waals surface area (Å²) in [5, 5.41) is 8.38. The predicted octanol–water partition coefficient (Wildman–Crippen LogP) is 1.17. The maximum absolute atomic E-state index is 8.38. The number of nitrogens with zero attached hydrogens (tertiary/aromatic N) is 3. The van der Waals surface area contributed by atoms with Crippen LogP contribution in [0.15, 0.2) is 5.51 Å². The van der Waals surface area contributed by atoms with Crippen LogP contribution in [-0.2, 0) is 0 Å².